The van der Waals surface area contributed by atoms with Gasteiger partial charge in [0.2, 0.25) is 0 Å². The van der Waals surface area contributed by atoms with E-state index >= 15 is 0 Å². The minimum atomic E-state index is 0.888. The van der Waals surface area contributed by atoms with E-state index in [9.17, 15) is 0 Å². The molecule has 72 valence electrons. The molecule has 2 rings (SSSR count). The second-order valence-electron chi connectivity index (χ2n) is 2.81. The van der Waals surface area contributed by atoms with Gasteiger partial charge in [-0.2, -0.15) is 0 Å². The standard InChI is InChI=1S/C11H11NOS/c1-13-10-7-8-14-11(10)12-9-5-3-2-4-6-9/h2-8,12H,1H3. The number of hydrogen-bond donors (Lipinski definition) is 1. The van der Waals surface area contributed by atoms with Crippen LogP contribution < -0.4 is 10.1 Å². The summed E-state index contributed by atoms with van der Waals surface area (Å²) in [5, 5.41) is 6.34. The lowest BCUT2D eigenvalue weighted by Gasteiger charge is -2.05. The number of nitrogens with one attached hydrogen (secondary N) is 1. The maximum atomic E-state index is 5.21. The van der Waals surface area contributed by atoms with Gasteiger partial charge in [0, 0.05) is 5.69 Å². The van der Waals surface area contributed by atoms with E-state index in [0.29, 0.717) is 0 Å². The van der Waals surface area contributed by atoms with Crippen molar-refractivity contribution < 1.29 is 4.74 Å². The predicted molar refractivity (Wildman–Crippen MR) is 60.6 cm³/mol. The normalized spacial score (nSPS) is 9.79. The highest BCUT2D eigenvalue weighted by molar-refractivity contribution is 7.14. The van der Waals surface area contributed by atoms with Gasteiger partial charge < -0.3 is 10.1 Å². The third-order valence-corrected chi connectivity index (χ3v) is 2.69. The minimum absolute atomic E-state index is 0.888. The maximum absolute atomic E-state index is 5.21. The first kappa shape index (κ1) is 9.09. The van der Waals surface area contributed by atoms with Gasteiger partial charge in [-0.1, -0.05) is 18.2 Å². The Morgan fingerprint density at radius 2 is 1.93 bits per heavy atom. The van der Waals surface area contributed by atoms with Gasteiger partial charge in [-0.25, -0.2) is 0 Å². The first-order valence-corrected chi connectivity index (χ1v) is 5.21. The highest BCUT2D eigenvalue weighted by atomic mass is 32.1. The van der Waals surface area contributed by atoms with Crippen LogP contribution in [0.2, 0.25) is 0 Å². The van der Waals surface area contributed by atoms with E-state index in [2.05, 4.69) is 5.32 Å². The molecule has 1 N–H and O–H groups in total. The number of methoxy groups -OCH3 is 1. The molecule has 0 unspecified atom stereocenters. The summed E-state index contributed by atoms with van der Waals surface area (Å²) in [5.74, 6) is 0.888. The van der Waals surface area contributed by atoms with Gasteiger partial charge in [0.1, 0.15) is 5.00 Å². The Bertz CT molecular complexity index is 397. The zero-order valence-corrected chi connectivity index (χ0v) is 8.67. The van der Waals surface area contributed by atoms with Crippen molar-refractivity contribution in [1.82, 2.24) is 0 Å². The van der Waals surface area contributed by atoms with Gasteiger partial charge in [-0.05, 0) is 23.6 Å². The fourth-order valence-corrected chi connectivity index (χ4v) is 1.97. The SMILES string of the molecule is COc1ccsc1Nc1ccccc1. The second kappa shape index (κ2) is 4.15. The molecular formula is C11H11NOS. The van der Waals surface area contributed by atoms with E-state index in [4.69, 9.17) is 4.74 Å². The Kier molecular flexibility index (Phi) is 2.70. The van der Waals surface area contributed by atoms with E-state index < -0.39 is 0 Å². The molecular weight excluding hydrogens is 194 g/mol. The molecule has 1 heterocycles. The number of anilines is 2. The van der Waals surface area contributed by atoms with Gasteiger partial charge in [-0.15, -0.1) is 11.3 Å². The van der Waals surface area contributed by atoms with E-state index in [0.717, 1.165) is 16.4 Å². The molecule has 2 aromatic rings. The molecule has 0 fully saturated rings. The van der Waals surface area contributed by atoms with Crippen LogP contribution in [0.3, 0.4) is 0 Å². The number of rotatable bonds is 3. The summed E-state index contributed by atoms with van der Waals surface area (Å²) in [4.78, 5) is 0. The fourth-order valence-electron chi connectivity index (χ4n) is 1.20. The Hall–Kier alpha value is -1.48. The van der Waals surface area contributed by atoms with E-state index in [-0.39, 0.29) is 0 Å². The lowest BCUT2D eigenvalue weighted by molar-refractivity contribution is 0.418. The molecule has 0 radical (unpaired) electrons. The third-order valence-electron chi connectivity index (χ3n) is 1.88. The molecule has 0 saturated carbocycles. The van der Waals surface area contributed by atoms with Crippen LogP contribution in [-0.4, -0.2) is 7.11 Å². The lowest BCUT2D eigenvalue weighted by Crippen LogP contribution is -1.89. The van der Waals surface area contributed by atoms with Gasteiger partial charge >= 0.3 is 0 Å². The molecule has 0 aliphatic rings. The molecule has 1 aromatic heterocycles. The van der Waals surface area contributed by atoms with Crippen molar-refractivity contribution >= 4 is 22.0 Å². The molecule has 14 heavy (non-hydrogen) atoms. The summed E-state index contributed by atoms with van der Waals surface area (Å²) < 4.78 is 5.21. The third kappa shape index (κ3) is 1.88. The molecule has 0 amide bonds. The zero-order chi connectivity index (χ0) is 9.80. The molecule has 0 spiro atoms. The number of para-hydroxylation sites is 1. The molecule has 1 aromatic carbocycles. The van der Waals surface area contributed by atoms with Crippen LogP contribution >= 0.6 is 11.3 Å². The van der Waals surface area contributed by atoms with Crippen LogP contribution in [0.4, 0.5) is 10.7 Å². The summed E-state index contributed by atoms with van der Waals surface area (Å²) in [6.07, 6.45) is 0. The van der Waals surface area contributed by atoms with Crippen molar-refractivity contribution in [3.8, 4) is 5.75 Å². The maximum Gasteiger partial charge on any atom is 0.153 e. The van der Waals surface area contributed by atoms with E-state index in [1.165, 1.54) is 0 Å². The quantitative estimate of drug-likeness (QED) is 0.828. The van der Waals surface area contributed by atoms with Crippen LogP contribution in [0, 0.1) is 0 Å². The Balaban J connectivity index is 2.19. The summed E-state index contributed by atoms with van der Waals surface area (Å²) in [6.45, 7) is 0. The number of ether oxygens (including phenoxy) is 1. The summed E-state index contributed by atoms with van der Waals surface area (Å²) in [5.41, 5.74) is 1.08. The number of hydrogen-bond acceptors (Lipinski definition) is 3. The van der Waals surface area contributed by atoms with Gasteiger partial charge in [-0.3, -0.25) is 0 Å². The first-order chi connectivity index (χ1) is 6.90. The molecule has 0 bridgehead atoms. The minimum Gasteiger partial charge on any atom is -0.494 e. The van der Waals surface area contributed by atoms with Crippen LogP contribution in [-0.2, 0) is 0 Å². The molecule has 0 atom stereocenters. The fraction of sp³-hybridized carbons (Fsp3) is 0.0909. The van der Waals surface area contributed by atoms with Gasteiger partial charge in [0.25, 0.3) is 0 Å². The van der Waals surface area contributed by atoms with Crippen LogP contribution in [0.15, 0.2) is 41.8 Å². The Morgan fingerprint density at radius 3 is 2.64 bits per heavy atom. The summed E-state index contributed by atoms with van der Waals surface area (Å²) in [7, 11) is 1.68. The van der Waals surface area contributed by atoms with Crippen molar-refractivity contribution in [2.45, 2.75) is 0 Å². The molecule has 3 heteroatoms. The van der Waals surface area contributed by atoms with E-state index in [1.54, 1.807) is 18.4 Å². The Labute approximate surface area is 87.2 Å². The van der Waals surface area contributed by atoms with Crippen molar-refractivity contribution in [2.75, 3.05) is 12.4 Å². The van der Waals surface area contributed by atoms with Crippen molar-refractivity contribution in [3.63, 3.8) is 0 Å². The lowest BCUT2D eigenvalue weighted by atomic mass is 10.3. The second-order valence-corrected chi connectivity index (χ2v) is 3.73. The van der Waals surface area contributed by atoms with Gasteiger partial charge in [0.15, 0.2) is 5.75 Å². The monoisotopic (exact) mass is 205 g/mol. The molecule has 0 saturated heterocycles. The molecule has 2 nitrogen and oxygen atoms in total. The largest absolute Gasteiger partial charge is 0.494 e. The molecule has 0 aliphatic carbocycles. The Morgan fingerprint density at radius 1 is 1.14 bits per heavy atom. The summed E-state index contributed by atoms with van der Waals surface area (Å²) >= 11 is 1.63. The average molecular weight is 205 g/mol. The first-order valence-electron chi connectivity index (χ1n) is 4.33. The number of thiophene rings is 1. The van der Waals surface area contributed by atoms with Crippen molar-refractivity contribution in [1.29, 1.82) is 0 Å². The van der Waals surface area contributed by atoms with Crippen LogP contribution in [0.5, 0.6) is 5.75 Å². The predicted octanol–water partition coefficient (Wildman–Crippen LogP) is 3.50. The van der Waals surface area contributed by atoms with Crippen molar-refractivity contribution in [2.24, 2.45) is 0 Å². The van der Waals surface area contributed by atoms with Crippen LogP contribution in [0.1, 0.15) is 0 Å². The van der Waals surface area contributed by atoms with Gasteiger partial charge in [0.05, 0.1) is 7.11 Å². The van der Waals surface area contributed by atoms with E-state index in [1.807, 2.05) is 41.8 Å². The molecule has 0 aliphatic heterocycles. The zero-order valence-electron chi connectivity index (χ0n) is 7.86. The average Bonchev–Trinajstić information content (AvgIpc) is 2.67. The van der Waals surface area contributed by atoms with Crippen molar-refractivity contribution in [3.05, 3.63) is 41.8 Å². The van der Waals surface area contributed by atoms with Crippen LogP contribution in [0.25, 0.3) is 0 Å². The highest BCUT2D eigenvalue weighted by Crippen LogP contribution is 2.32. The smallest absolute Gasteiger partial charge is 0.153 e. The number of benzene rings is 1. The topological polar surface area (TPSA) is 21.3 Å². The summed E-state index contributed by atoms with van der Waals surface area (Å²) in [6, 6.07) is 12.0. The highest BCUT2D eigenvalue weighted by Gasteiger charge is 2.03.